The van der Waals surface area contributed by atoms with E-state index in [-0.39, 0.29) is 28.0 Å². The summed E-state index contributed by atoms with van der Waals surface area (Å²) < 4.78 is 23.5. The highest BCUT2D eigenvalue weighted by atomic mass is 32.1. The lowest BCUT2D eigenvalue weighted by atomic mass is 9.94. The van der Waals surface area contributed by atoms with Crippen LogP contribution in [-0.4, -0.2) is 35.2 Å². The summed E-state index contributed by atoms with van der Waals surface area (Å²) in [7, 11) is 1.52. The molecule has 3 amide bonds. The Hall–Kier alpha value is -3.99. The molecule has 37 heavy (non-hydrogen) atoms. The van der Waals surface area contributed by atoms with Gasteiger partial charge in [0.05, 0.1) is 12.8 Å². The molecular formula is C26H28FN5O4S. The number of methoxy groups -OCH3 is 1. The van der Waals surface area contributed by atoms with Gasteiger partial charge in [-0.2, -0.15) is 4.37 Å². The second kappa shape index (κ2) is 11.4. The van der Waals surface area contributed by atoms with Gasteiger partial charge in [-0.15, -0.1) is 0 Å². The molecule has 1 aliphatic rings. The number of hydrogen-bond acceptors (Lipinski definition) is 7. The summed E-state index contributed by atoms with van der Waals surface area (Å²) in [6.07, 6.45) is 4.77. The number of nitrogens with one attached hydrogen (secondary N) is 1. The Morgan fingerprint density at radius 3 is 2.43 bits per heavy atom. The standard InChI is InChI=1S/C26H28FN5O4S/c1-36-19-12-10-15(11-13-19)22(25(34)30-17-7-3-2-4-8-17)32(18-9-5-6-16(27)14-18)26(35)23-20(28)21(24(29)33)31-37-23/h5-6,9-14,17,22H,2-4,7-8,28H2,1H3,(H2,29,33)(H,30,34)/t22-/m0/s1. The van der Waals surface area contributed by atoms with Crippen LogP contribution in [0.25, 0.3) is 0 Å². The molecule has 1 fully saturated rings. The zero-order chi connectivity index (χ0) is 26.5. The molecule has 0 bridgehead atoms. The first kappa shape index (κ1) is 26.1. The van der Waals surface area contributed by atoms with Gasteiger partial charge in [-0.1, -0.05) is 37.5 Å². The van der Waals surface area contributed by atoms with Crippen LogP contribution in [0.5, 0.6) is 5.75 Å². The number of nitrogens with two attached hydrogens (primary N) is 2. The van der Waals surface area contributed by atoms with Crippen molar-refractivity contribution in [2.45, 2.75) is 44.2 Å². The molecule has 0 saturated heterocycles. The minimum atomic E-state index is -1.18. The fraction of sp³-hybridized carbons (Fsp3) is 0.308. The number of nitrogen functional groups attached to an aromatic ring is 1. The molecule has 1 saturated carbocycles. The predicted octanol–water partition coefficient (Wildman–Crippen LogP) is 3.81. The van der Waals surface area contributed by atoms with Crippen LogP contribution >= 0.6 is 11.5 Å². The first-order valence-electron chi connectivity index (χ1n) is 11.9. The van der Waals surface area contributed by atoms with Crippen LogP contribution in [0.15, 0.2) is 48.5 Å². The van der Waals surface area contributed by atoms with Gasteiger partial charge in [0.15, 0.2) is 5.69 Å². The summed E-state index contributed by atoms with van der Waals surface area (Å²) in [5.74, 6) is -2.05. The van der Waals surface area contributed by atoms with Gasteiger partial charge in [-0.3, -0.25) is 19.3 Å². The number of hydrogen-bond donors (Lipinski definition) is 3. The van der Waals surface area contributed by atoms with Crippen molar-refractivity contribution in [2.75, 3.05) is 17.7 Å². The van der Waals surface area contributed by atoms with Gasteiger partial charge in [0.25, 0.3) is 11.8 Å². The van der Waals surface area contributed by atoms with Crippen molar-refractivity contribution in [2.24, 2.45) is 5.73 Å². The second-order valence-electron chi connectivity index (χ2n) is 8.81. The van der Waals surface area contributed by atoms with Crippen molar-refractivity contribution in [3.05, 3.63) is 70.5 Å². The van der Waals surface area contributed by atoms with Gasteiger partial charge in [-0.25, -0.2) is 4.39 Å². The number of carbonyl (C=O) groups excluding carboxylic acids is 3. The molecule has 0 spiro atoms. The molecule has 194 valence electrons. The monoisotopic (exact) mass is 525 g/mol. The van der Waals surface area contributed by atoms with Gasteiger partial charge in [0.1, 0.15) is 22.5 Å². The summed E-state index contributed by atoms with van der Waals surface area (Å²) in [4.78, 5) is 40.7. The maximum absolute atomic E-state index is 14.4. The average Bonchev–Trinajstić information content (AvgIpc) is 3.29. The van der Waals surface area contributed by atoms with Crippen LogP contribution in [-0.2, 0) is 4.79 Å². The second-order valence-corrected chi connectivity index (χ2v) is 9.59. The zero-order valence-corrected chi connectivity index (χ0v) is 21.1. The number of ether oxygens (including phenoxy) is 1. The molecule has 1 aromatic heterocycles. The molecule has 2 aromatic carbocycles. The topological polar surface area (TPSA) is 141 Å². The van der Waals surface area contributed by atoms with Crippen LogP contribution in [0, 0.1) is 5.82 Å². The van der Waals surface area contributed by atoms with E-state index in [1.807, 2.05) is 0 Å². The number of carbonyl (C=O) groups is 3. The number of amides is 3. The van der Waals surface area contributed by atoms with Crippen molar-refractivity contribution in [3.63, 3.8) is 0 Å². The molecule has 0 unspecified atom stereocenters. The molecule has 11 heteroatoms. The molecule has 0 radical (unpaired) electrons. The van der Waals surface area contributed by atoms with Gasteiger partial charge >= 0.3 is 0 Å². The minimum absolute atomic E-state index is 0.0404. The van der Waals surface area contributed by atoms with E-state index >= 15 is 0 Å². The third-order valence-electron chi connectivity index (χ3n) is 6.35. The van der Waals surface area contributed by atoms with Gasteiger partial charge < -0.3 is 21.5 Å². The van der Waals surface area contributed by atoms with Crippen molar-refractivity contribution in [1.29, 1.82) is 0 Å². The average molecular weight is 526 g/mol. The maximum atomic E-state index is 14.4. The number of rotatable bonds is 8. The van der Waals surface area contributed by atoms with Crippen LogP contribution < -0.4 is 26.4 Å². The van der Waals surface area contributed by atoms with E-state index in [9.17, 15) is 18.8 Å². The Kier molecular flexibility index (Phi) is 8.02. The van der Waals surface area contributed by atoms with E-state index in [4.69, 9.17) is 16.2 Å². The predicted molar refractivity (Wildman–Crippen MR) is 139 cm³/mol. The highest BCUT2D eigenvalue weighted by Crippen LogP contribution is 2.34. The lowest BCUT2D eigenvalue weighted by Gasteiger charge is -2.33. The number of halogens is 1. The van der Waals surface area contributed by atoms with Crippen molar-refractivity contribution >= 4 is 40.6 Å². The van der Waals surface area contributed by atoms with E-state index in [1.54, 1.807) is 24.3 Å². The Morgan fingerprint density at radius 1 is 1.14 bits per heavy atom. The highest BCUT2D eigenvalue weighted by Gasteiger charge is 2.37. The summed E-state index contributed by atoms with van der Waals surface area (Å²) in [6.45, 7) is 0. The molecule has 4 rings (SSSR count). The Morgan fingerprint density at radius 2 is 1.84 bits per heavy atom. The summed E-state index contributed by atoms with van der Waals surface area (Å²) in [6, 6.07) is 10.9. The first-order valence-corrected chi connectivity index (χ1v) is 12.7. The summed E-state index contributed by atoms with van der Waals surface area (Å²) >= 11 is 0.693. The fourth-order valence-corrected chi connectivity index (χ4v) is 5.22. The van der Waals surface area contributed by atoms with E-state index in [0.29, 0.717) is 22.8 Å². The number of nitrogens with zero attached hydrogens (tertiary/aromatic N) is 2. The van der Waals surface area contributed by atoms with Crippen LogP contribution in [0.3, 0.4) is 0 Å². The smallest absolute Gasteiger partial charge is 0.273 e. The largest absolute Gasteiger partial charge is 0.497 e. The molecule has 3 aromatic rings. The highest BCUT2D eigenvalue weighted by molar-refractivity contribution is 7.09. The Labute approximate surface area is 217 Å². The van der Waals surface area contributed by atoms with E-state index in [0.717, 1.165) is 38.2 Å². The third kappa shape index (κ3) is 5.72. The summed E-state index contributed by atoms with van der Waals surface area (Å²) in [5.41, 5.74) is 11.6. The number of primary amides is 1. The quantitative estimate of drug-likeness (QED) is 0.408. The first-order chi connectivity index (χ1) is 17.8. The zero-order valence-electron chi connectivity index (χ0n) is 20.3. The molecule has 5 N–H and O–H groups in total. The number of benzene rings is 2. The Balaban J connectivity index is 1.84. The van der Waals surface area contributed by atoms with Gasteiger partial charge in [0.2, 0.25) is 5.91 Å². The van der Waals surface area contributed by atoms with Gasteiger partial charge in [0, 0.05) is 11.7 Å². The fourth-order valence-electron chi connectivity index (χ4n) is 4.48. The summed E-state index contributed by atoms with van der Waals surface area (Å²) in [5, 5.41) is 3.08. The van der Waals surface area contributed by atoms with E-state index in [1.165, 1.54) is 30.2 Å². The molecule has 0 aliphatic heterocycles. The normalized spacial score (nSPS) is 14.5. The Bertz CT molecular complexity index is 1290. The van der Waals surface area contributed by atoms with Crippen LogP contribution in [0.2, 0.25) is 0 Å². The van der Waals surface area contributed by atoms with E-state index < -0.39 is 29.6 Å². The van der Waals surface area contributed by atoms with Crippen LogP contribution in [0.1, 0.15) is 63.9 Å². The van der Waals surface area contributed by atoms with E-state index in [2.05, 4.69) is 9.69 Å². The van der Waals surface area contributed by atoms with Gasteiger partial charge in [-0.05, 0) is 60.3 Å². The molecule has 9 nitrogen and oxygen atoms in total. The lowest BCUT2D eigenvalue weighted by molar-refractivity contribution is -0.123. The molecule has 1 atom stereocenters. The molecule has 1 aliphatic carbocycles. The maximum Gasteiger partial charge on any atom is 0.273 e. The third-order valence-corrected chi connectivity index (χ3v) is 7.20. The number of anilines is 2. The van der Waals surface area contributed by atoms with Crippen molar-refractivity contribution in [3.8, 4) is 5.75 Å². The molecule has 1 heterocycles. The van der Waals surface area contributed by atoms with Crippen LogP contribution in [0.4, 0.5) is 15.8 Å². The SMILES string of the molecule is COc1ccc([C@@H](C(=O)NC2CCCCC2)N(C(=O)c2snc(C(N)=O)c2N)c2cccc(F)c2)cc1. The number of aromatic nitrogens is 1. The molecular weight excluding hydrogens is 497 g/mol. The van der Waals surface area contributed by atoms with Crippen molar-refractivity contribution in [1.82, 2.24) is 9.69 Å². The minimum Gasteiger partial charge on any atom is -0.497 e. The lowest BCUT2D eigenvalue weighted by Crippen LogP contribution is -2.47. The van der Waals surface area contributed by atoms with Crippen molar-refractivity contribution < 1.29 is 23.5 Å².